The molecule has 0 bridgehead atoms. The van der Waals surface area contributed by atoms with E-state index in [0.29, 0.717) is 5.92 Å². The van der Waals surface area contributed by atoms with E-state index in [9.17, 15) is 9.90 Å². The van der Waals surface area contributed by atoms with Crippen LogP contribution >= 0.6 is 11.3 Å². The Morgan fingerprint density at radius 2 is 2.00 bits per heavy atom. The molecule has 0 saturated heterocycles. The van der Waals surface area contributed by atoms with Gasteiger partial charge in [-0.3, -0.25) is 4.79 Å². The van der Waals surface area contributed by atoms with Crippen LogP contribution in [0.4, 0.5) is 0 Å². The first-order valence-corrected chi connectivity index (χ1v) is 8.65. The first-order valence-electron chi connectivity index (χ1n) is 7.83. The molecule has 110 valence electrons. The molecule has 0 atom stereocenters. The maximum atomic E-state index is 11.9. The molecule has 2 saturated carbocycles. The summed E-state index contributed by atoms with van der Waals surface area (Å²) < 4.78 is 1.19. The Balaban J connectivity index is 1.78. The monoisotopic (exact) mass is 301 g/mol. The zero-order valence-corrected chi connectivity index (χ0v) is 12.8. The second-order valence-corrected chi connectivity index (χ2v) is 7.52. The number of carboxylic acid groups (broad SMARTS) is 1. The van der Waals surface area contributed by atoms with Gasteiger partial charge in [-0.1, -0.05) is 25.3 Å². The van der Waals surface area contributed by atoms with Crippen LogP contribution in [0.3, 0.4) is 0 Å². The van der Waals surface area contributed by atoms with Gasteiger partial charge in [0.25, 0.3) is 0 Å². The number of aromatic nitrogens is 1. The molecule has 2 aromatic rings. The summed E-state index contributed by atoms with van der Waals surface area (Å²) >= 11 is 1.77. The van der Waals surface area contributed by atoms with E-state index in [2.05, 4.69) is 6.07 Å². The van der Waals surface area contributed by atoms with E-state index in [4.69, 9.17) is 4.98 Å². The lowest BCUT2D eigenvalue weighted by Crippen LogP contribution is -2.37. The largest absolute Gasteiger partial charge is 0.481 e. The van der Waals surface area contributed by atoms with Crippen molar-refractivity contribution in [1.29, 1.82) is 0 Å². The van der Waals surface area contributed by atoms with Crippen LogP contribution in [0.1, 0.15) is 61.4 Å². The van der Waals surface area contributed by atoms with Crippen molar-refractivity contribution < 1.29 is 9.90 Å². The normalized spacial score (nSPS) is 21.5. The summed E-state index contributed by atoms with van der Waals surface area (Å²) in [6, 6.07) is 6.14. The average molecular weight is 301 g/mol. The third kappa shape index (κ3) is 2.16. The number of fused-ring (bicyclic) bond motifs is 1. The van der Waals surface area contributed by atoms with Gasteiger partial charge in [0.1, 0.15) is 0 Å². The van der Waals surface area contributed by atoms with E-state index < -0.39 is 11.4 Å². The number of hydrogen-bond donors (Lipinski definition) is 1. The summed E-state index contributed by atoms with van der Waals surface area (Å²) in [6.45, 7) is 0. The van der Waals surface area contributed by atoms with Crippen LogP contribution in [-0.2, 0) is 10.2 Å². The summed E-state index contributed by atoms with van der Waals surface area (Å²) in [5, 5.41) is 11.0. The standard InChI is InChI=1S/C17H19NO2S/c19-16(20)17(8-2-1-3-9-17)12-6-7-14-13(10-12)18-15(21-14)11-4-5-11/h6-7,10-11H,1-5,8-9H2,(H,19,20). The lowest BCUT2D eigenvalue weighted by atomic mass is 9.69. The van der Waals surface area contributed by atoms with Crippen LogP contribution in [0.15, 0.2) is 18.2 Å². The Labute approximate surface area is 128 Å². The highest BCUT2D eigenvalue weighted by Crippen LogP contribution is 2.45. The van der Waals surface area contributed by atoms with Gasteiger partial charge in [0.2, 0.25) is 0 Å². The first-order chi connectivity index (χ1) is 10.2. The second-order valence-electron chi connectivity index (χ2n) is 6.46. The fraction of sp³-hybridized carbons (Fsp3) is 0.529. The van der Waals surface area contributed by atoms with Crippen molar-refractivity contribution in [2.75, 3.05) is 0 Å². The predicted octanol–water partition coefficient (Wildman–Crippen LogP) is 4.46. The van der Waals surface area contributed by atoms with Crippen molar-refractivity contribution in [1.82, 2.24) is 4.98 Å². The first kappa shape index (κ1) is 13.3. The van der Waals surface area contributed by atoms with Gasteiger partial charge in [-0.15, -0.1) is 11.3 Å². The average Bonchev–Trinajstić information content (AvgIpc) is 3.26. The molecule has 0 unspecified atom stereocenters. The Hall–Kier alpha value is -1.42. The highest BCUT2D eigenvalue weighted by atomic mass is 32.1. The molecule has 0 amide bonds. The summed E-state index contributed by atoms with van der Waals surface area (Å²) in [4.78, 5) is 16.7. The van der Waals surface area contributed by atoms with Crippen LogP contribution in [0.2, 0.25) is 0 Å². The summed E-state index contributed by atoms with van der Waals surface area (Å²) in [7, 11) is 0. The molecular weight excluding hydrogens is 282 g/mol. The van der Waals surface area contributed by atoms with Gasteiger partial charge < -0.3 is 5.11 Å². The van der Waals surface area contributed by atoms with Crippen molar-refractivity contribution in [2.24, 2.45) is 0 Å². The number of aliphatic carboxylic acids is 1. The Morgan fingerprint density at radius 3 is 2.67 bits per heavy atom. The minimum atomic E-state index is -0.685. The molecule has 1 heterocycles. The number of rotatable bonds is 3. The van der Waals surface area contributed by atoms with Crippen molar-refractivity contribution in [3.05, 3.63) is 28.8 Å². The third-order valence-corrected chi connectivity index (χ3v) is 6.20. The fourth-order valence-corrected chi connectivity index (χ4v) is 4.65. The van der Waals surface area contributed by atoms with Gasteiger partial charge in [0.05, 0.1) is 20.6 Å². The SMILES string of the molecule is O=C(O)C1(c2ccc3sc(C4CC4)nc3c2)CCCCC1. The number of thiazole rings is 1. The van der Waals surface area contributed by atoms with Gasteiger partial charge in [0, 0.05) is 5.92 Å². The van der Waals surface area contributed by atoms with Crippen molar-refractivity contribution in [3.63, 3.8) is 0 Å². The maximum Gasteiger partial charge on any atom is 0.314 e. The van der Waals surface area contributed by atoms with Crippen molar-refractivity contribution in [3.8, 4) is 0 Å². The van der Waals surface area contributed by atoms with Gasteiger partial charge in [-0.05, 0) is 43.4 Å². The number of carboxylic acids is 1. The molecule has 0 aliphatic heterocycles. The van der Waals surface area contributed by atoms with Crippen LogP contribution in [0, 0.1) is 0 Å². The van der Waals surface area contributed by atoms with E-state index in [0.717, 1.165) is 43.2 Å². The second kappa shape index (κ2) is 4.80. The Morgan fingerprint density at radius 1 is 1.24 bits per heavy atom. The number of benzene rings is 1. The molecular formula is C17H19NO2S. The molecule has 4 rings (SSSR count). The smallest absolute Gasteiger partial charge is 0.314 e. The van der Waals surface area contributed by atoms with Crippen LogP contribution in [0.5, 0.6) is 0 Å². The number of nitrogens with zero attached hydrogens (tertiary/aromatic N) is 1. The Bertz CT molecular complexity index is 696. The maximum absolute atomic E-state index is 11.9. The molecule has 1 N–H and O–H groups in total. The summed E-state index contributed by atoms with van der Waals surface area (Å²) in [5.41, 5.74) is 1.26. The Kier molecular flexibility index (Phi) is 3.03. The van der Waals surface area contributed by atoms with Gasteiger partial charge >= 0.3 is 5.97 Å². The van der Waals surface area contributed by atoms with Gasteiger partial charge in [-0.25, -0.2) is 4.98 Å². The molecule has 21 heavy (non-hydrogen) atoms. The molecule has 1 aromatic heterocycles. The van der Waals surface area contributed by atoms with E-state index in [-0.39, 0.29) is 0 Å². The predicted molar refractivity (Wildman–Crippen MR) is 84.0 cm³/mol. The van der Waals surface area contributed by atoms with E-state index in [1.54, 1.807) is 11.3 Å². The molecule has 4 heteroatoms. The molecule has 0 spiro atoms. The van der Waals surface area contributed by atoms with Crippen LogP contribution in [-0.4, -0.2) is 16.1 Å². The number of carbonyl (C=O) groups is 1. The molecule has 0 radical (unpaired) electrons. The van der Waals surface area contributed by atoms with E-state index >= 15 is 0 Å². The minimum absolute atomic E-state index is 0.661. The van der Waals surface area contributed by atoms with Gasteiger partial charge in [0.15, 0.2) is 0 Å². The van der Waals surface area contributed by atoms with E-state index in [1.807, 2.05) is 12.1 Å². The summed E-state index contributed by atoms with van der Waals surface area (Å²) in [5.74, 6) is -0.00633. The van der Waals surface area contributed by atoms with Crippen LogP contribution in [0.25, 0.3) is 10.2 Å². The molecule has 3 nitrogen and oxygen atoms in total. The third-order valence-electron chi connectivity index (χ3n) is 5.00. The van der Waals surface area contributed by atoms with Gasteiger partial charge in [-0.2, -0.15) is 0 Å². The van der Waals surface area contributed by atoms with Crippen molar-refractivity contribution >= 4 is 27.5 Å². The minimum Gasteiger partial charge on any atom is -0.481 e. The highest BCUT2D eigenvalue weighted by Gasteiger charge is 2.41. The molecule has 2 aliphatic rings. The molecule has 2 fully saturated rings. The quantitative estimate of drug-likeness (QED) is 0.910. The summed E-state index contributed by atoms with van der Waals surface area (Å²) in [6.07, 6.45) is 7.20. The zero-order chi connectivity index (χ0) is 14.4. The highest BCUT2D eigenvalue weighted by molar-refractivity contribution is 7.18. The fourth-order valence-electron chi connectivity index (χ4n) is 3.53. The lowest BCUT2D eigenvalue weighted by molar-refractivity contribution is -0.145. The van der Waals surface area contributed by atoms with E-state index in [1.165, 1.54) is 22.5 Å². The lowest BCUT2D eigenvalue weighted by Gasteiger charge is -2.33. The van der Waals surface area contributed by atoms with Crippen LogP contribution < -0.4 is 0 Å². The number of hydrogen-bond acceptors (Lipinski definition) is 3. The molecule has 1 aromatic carbocycles. The zero-order valence-electron chi connectivity index (χ0n) is 12.0. The van der Waals surface area contributed by atoms with Crippen molar-refractivity contribution in [2.45, 2.75) is 56.3 Å². The topological polar surface area (TPSA) is 50.2 Å². The molecule has 2 aliphatic carbocycles.